The van der Waals surface area contributed by atoms with Gasteiger partial charge in [-0.1, -0.05) is 36.4 Å². The van der Waals surface area contributed by atoms with E-state index in [0.29, 0.717) is 18.0 Å². The van der Waals surface area contributed by atoms with Crippen molar-refractivity contribution in [1.82, 2.24) is 19.6 Å². The van der Waals surface area contributed by atoms with Gasteiger partial charge in [0, 0.05) is 50.7 Å². The van der Waals surface area contributed by atoms with E-state index in [2.05, 4.69) is 28.7 Å². The monoisotopic (exact) mass is 464 g/mol. The molecule has 7 heteroatoms. The van der Waals surface area contributed by atoms with Crippen LogP contribution in [-0.4, -0.2) is 57.6 Å². The summed E-state index contributed by atoms with van der Waals surface area (Å²) in [5, 5.41) is 6.37. The summed E-state index contributed by atoms with van der Waals surface area (Å²) < 4.78 is 1.66. The summed E-state index contributed by atoms with van der Waals surface area (Å²) in [5.74, 6) is 0.523. The lowest BCUT2D eigenvalue weighted by Crippen LogP contribution is -2.48. The number of piperidine rings is 1. The van der Waals surface area contributed by atoms with Crippen LogP contribution >= 0.6 is 11.3 Å². The van der Waals surface area contributed by atoms with Crippen LogP contribution in [0.1, 0.15) is 40.2 Å². The van der Waals surface area contributed by atoms with Gasteiger partial charge in [-0.3, -0.25) is 14.3 Å². The summed E-state index contributed by atoms with van der Waals surface area (Å²) in [6.07, 6.45) is 5.79. The second kappa shape index (κ2) is 10.8. The maximum atomic E-state index is 13.2. The highest BCUT2D eigenvalue weighted by Gasteiger charge is 2.33. The Labute approximate surface area is 199 Å². The molecule has 0 spiro atoms. The number of thiophene rings is 1. The molecule has 0 unspecified atom stereocenters. The van der Waals surface area contributed by atoms with E-state index in [1.807, 2.05) is 48.2 Å². The lowest BCUT2D eigenvalue weighted by atomic mass is 9.84. The molecular weight excluding hydrogens is 432 g/mol. The first kappa shape index (κ1) is 23.2. The first-order valence-corrected chi connectivity index (χ1v) is 12.5. The Morgan fingerprint density at radius 2 is 1.88 bits per heavy atom. The van der Waals surface area contributed by atoms with Gasteiger partial charge in [-0.25, -0.2) is 0 Å². The molecule has 1 fully saturated rings. The molecule has 0 saturated carbocycles. The smallest absolute Gasteiger partial charge is 0.274 e. The summed E-state index contributed by atoms with van der Waals surface area (Å²) in [5.41, 5.74) is 1.69. The van der Waals surface area contributed by atoms with Crippen molar-refractivity contribution >= 4 is 23.2 Å². The van der Waals surface area contributed by atoms with Crippen molar-refractivity contribution in [2.45, 2.75) is 38.1 Å². The van der Waals surface area contributed by atoms with E-state index >= 15 is 0 Å². The highest BCUT2D eigenvalue weighted by Crippen LogP contribution is 2.28. The first-order valence-electron chi connectivity index (χ1n) is 11.6. The molecule has 0 bridgehead atoms. The van der Waals surface area contributed by atoms with Crippen molar-refractivity contribution in [3.8, 4) is 0 Å². The van der Waals surface area contributed by atoms with E-state index in [9.17, 15) is 9.59 Å². The van der Waals surface area contributed by atoms with Crippen molar-refractivity contribution in [1.29, 1.82) is 0 Å². The number of carbonyl (C=O) groups excluding carboxylic acids is 2. The lowest BCUT2D eigenvalue weighted by Gasteiger charge is -2.40. The van der Waals surface area contributed by atoms with E-state index in [1.54, 1.807) is 28.3 Å². The van der Waals surface area contributed by atoms with Gasteiger partial charge in [0.2, 0.25) is 5.91 Å². The van der Waals surface area contributed by atoms with E-state index in [4.69, 9.17) is 0 Å². The van der Waals surface area contributed by atoms with Crippen LogP contribution < -0.4 is 0 Å². The van der Waals surface area contributed by atoms with Gasteiger partial charge in [0.1, 0.15) is 5.69 Å². The summed E-state index contributed by atoms with van der Waals surface area (Å²) >= 11 is 1.71. The third kappa shape index (κ3) is 5.90. The van der Waals surface area contributed by atoms with Crippen LogP contribution in [0.15, 0.2) is 60.1 Å². The maximum absolute atomic E-state index is 13.2. The van der Waals surface area contributed by atoms with Crippen molar-refractivity contribution < 1.29 is 9.59 Å². The predicted molar refractivity (Wildman–Crippen MR) is 131 cm³/mol. The Kier molecular flexibility index (Phi) is 7.60. The van der Waals surface area contributed by atoms with E-state index < -0.39 is 0 Å². The number of rotatable bonds is 8. The van der Waals surface area contributed by atoms with Gasteiger partial charge in [0.05, 0.1) is 0 Å². The molecule has 0 aliphatic carbocycles. The molecular formula is C26H32N4O2S. The van der Waals surface area contributed by atoms with Crippen LogP contribution in [0.2, 0.25) is 0 Å². The number of nitrogens with zero attached hydrogens (tertiary/aromatic N) is 4. The average Bonchev–Trinajstić information content (AvgIpc) is 3.53. The molecule has 0 radical (unpaired) electrons. The summed E-state index contributed by atoms with van der Waals surface area (Å²) in [7, 11) is 3.71. The number of hydrogen-bond acceptors (Lipinski definition) is 4. The second-order valence-electron chi connectivity index (χ2n) is 8.85. The van der Waals surface area contributed by atoms with E-state index in [0.717, 1.165) is 38.8 Å². The number of carbonyl (C=O) groups is 2. The quantitative estimate of drug-likeness (QED) is 0.506. The Balaban J connectivity index is 1.41. The fourth-order valence-corrected chi connectivity index (χ4v) is 5.42. The average molecular weight is 465 g/mol. The maximum Gasteiger partial charge on any atom is 0.274 e. The number of hydrogen-bond donors (Lipinski definition) is 0. The molecule has 1 aliphatic heterocycles. The van der Waals surface area contributed by atoms with Gasteiger partial charge in [-0.05, 0) is 54.7 Å². The van der Waals surface area contributed by atoms with Gasteiger partial charge >= 0.3 is 0 Å². The molecule has 2 aromatic heterocycles. The zero-order chi connectivity index (χ0) is 23.2. The van der Waals surface area contributed by atoms with Crippen LogP contribution in [0.3, 0.4) is 0 Å². The van der Waals surface area contributed by atoms with Crippen LogP contribution in [0.25, 0.3) is 0 Å². The first-order chi connectivity index (χ1) is 16.0. The van der Waals surface area contributed by atoms with Crippen LogP contribution in [0, 0.1) is 5.92 Å². The zero-order valence-electron chi connectivity index (χ0n) is 19.4. The zero-order valence-corrected chi connectivity index (χ0v) is 20.2. The van der Waals surface area contributed by atoms with Crippen molar-refractivity contribution in [3.05, 3.63) is 76.2 Å². The summed E-state index contributed by atoms with van der Waals surface area (Å²) in [6.45, 7) is 1.51. The molecule has 3 heterocycles. The van der Waals surface area contributed by atoms with Crippen molar-refractivity contribution in [3.63, 3.8) is 0 Å². The molecule has 3 aromatic rings. The van der Waals surface area contributed by atoms with Gasteiger partial charge in [-0.15, -0.1) is 11.3 Å². The molecule has 1 aromatic carbocycles. The predicted octanol–water partition coefficient (Wildman–Crippen LogP) is 4.04. The fraction of sp³-hybridized carbons (Fsp3) is 0.423. The van der Waals surface area contributed by atoms with Crippen LogP contribution in [0.5, 0.6) is 0 Å². The molecule has 2 amide bonds. The third-order valence-corrected chi connectivity index (χ3v) is 7.58. The number of aromatic nitrogens is 2. The van der Waals surface area contributed by atoms with Crippen molar-refractivity contribution in [2.75, 3.05) is 20.1 Å². The number of amides is 2. The minimum Gasteiger partial charge on any atom is -0.343 e. The SMILES string of the molecule is CN(C(=O)c1ccn(C)n1)[C@H](Cc1ccccc1)C1CCN(C(=O)CCc2cccs2)CC1. The van der Waals surface area contributed by atoms with Gasteiger partial charge in [0.15, 0.2) is 0 Å². The molecule has 1 aliphatic rings. The third-order valence-electron chi connectivity index (χ3n) is 6.64. The number of likely N-dealkylation sites (tertiary alicyclic amines) is 1. The fourth-order valence-electron chi connectivity index (χ4n) is 4.71. The number of benzene rings is 1. The van der Waals surface area contributed by atoms with Gasteiger partial charge in [-0.2, -0.15) is 5.10 Å². The Morgan fingerprint density at radius 1 is 1.12 bits per heavy atom. The van der Waals surface area contributed by atoms with E-state index in [1.165, 1.54) is 10.4 Å². The Morgan fingerprint density at radius 3 is 2.52 bits per heavy atom. The normalized spacial score (nSPS) is 15.4. The summed E-state index contributed by atoms with van der Waals surface area (Å²) in [4.78, 5) is 31.1. The van der Waals surface area contributed by atoms with E-state index in [-0.39, 0.29) is 17.9 Å². The minimum absolute atomic E-state index is 0.0500. The highest BCUT2D eigenvalue weighted by molar-refractivity contribution is 7.09. The molecule has 174 valence electrons. The minimum atomic E-state index is -0.0500. The molecule has 1 atom stereocenters. The Bertz CT molecular complexity index is 1040. The second-order valence-corrected chi connectivity index (χ2v) is 9.88. The molecule has 1 saturated heterocycles. The van der Waals surface area contributed by atoms with Crippen LogP contribution in [0.4, 0.5) is 0 Å². The molecule has 6 nitrogen and oxygen atoms in total. The summed E-state index contributed by atoms with van der Waals surface area (Å²) in [6, 6.07) is 16.3. The molecule has 0 N–H and O–H groups in total. The largest absolute Gasteiger partial charge is 0.343 e. The van der Waals surface area contributed by atoms with Gasteiger partial charge < -0.3 is 9.80 Å². The van der Waals surface area contributed by atoms with Crippen LogP contribution in [-0.2, 0) is 24.7 Å². The highest BCUT2D eigenvalue weighted by atomic mass is 32.1. The standard InChI is InChI=1S/C26H32N4O2S/c1-28-15-14-23(27-28)26(32)29(2)24(19-20-7-4-3-5-8-20)21-12-16-30(17-13-21)25(31)11-10-22-9-6-18-33-22/h3-9,14-15,18,21,24H,10-13,16-17,19H2,1-2H3/t24-/m1/s1. The van der Waals surface area contributed by atoms with Crippen molar-refractivity contribution in [2.24, 2.45) is 13.0 Å². The van der Waals surface area contributed by atoms with Gasteiger partial charge in [0.25, 0.3) is 5.91 Å². The topological polar surface area (TPSA) is 58.4 Å². The Hall–Kier alpha value is -2.93. The molecule has 33 heavy (non-hydrogen) atoms. The lowest BCUT2D eigenvalue weighted by molar-refractivity contribution is -0.132. The molecule has 4 rings (SSSR count). The number of likely N-dealkylation sites (N-methyl/N-ethyl adjacent to an activating group) is 1. The number of aryl methyl sites for hydroxylation is 2.